The molecule has 0 radical (unpaired) electrons. The predicted molar refractivity (Wildman–Crippen MR) is 141 cm³/mol. The van der Waals surface area contributed by atoms with Crippen LogP contribution in [0.3, 0.4) is 0 Å². The Morgan fingerprint density at radius 2 is 1.89 bits per heavy atom. The minimum Gasteiger partial charge on any atom is -0.487 e. The van der Waals surface area contributed by atoms with E-state index in [1.807, 2.05) is 52.3 Å². The number of benzene rings is 1. The third-order valence-corrected chi connectivity index (χ3v) is 6.98. The molecule has 1 saturated heterocycles. The van der Waals surface area contributed by atoms with Crippen molar-refractivity contribution in [3.05, 3.63) is 45.2 Å². The summed E-state index contributed by atoms with van der Waals surface area (Å²) in [5, 5.41) is 3.99. The van der Waals surface area contributed by atoms with Crippen LogP contribution in [0.1, 0.15) is 82.1 Å². The monoisotopic (exact) mass is 555 g/mol. The minimum atomic E-state index is -4.63. The number of hydrogen-bond acceptors (Lipinski definition) is 6. The van der Waals surface area contributed by atoms with E-state index >= 15 is 0 Å². The number of nitrogens with zero attached hydrogens (tertiary/aromatic N) is 3. The fourth-order valence-corrected chi connectivity index (χ4v) is 4.58. The van der Waals surface area contributed by atoms with Crippen LogP contribution in [0.4, 0.5) is 13.2 Å². The largest absolute Gasteiger partial charge is 0.487 e. The van der Waals surface area contributed by atoms with Crippen LogP contribution in [0.25, 0.3) is 0 Å². The minimum absolute atomic E-state index is 0.00324. The topological polar surface area (TPSA) is 74.4 Å². The zero-order chi connectivity index (χ0) is 28.3. The first-order valence-electron chi connectivity index (χ1n) is 12.5. The van der Waals surface area contributed by atoms with E-state index in [4.69, 9.17) is 14.3 Å². The van der Waals surface area contributed by atoms with Gasteiger partial charge < -0.3 is 18.9 Å². The highest BCUT2D eigenvalue weighted by molar-refractivity contribution is 7.09. The molecule has 1 amide bonds. The van der Waals surface area contributed by atoms with Gasteiger partial charge in [-0.3, -0.25) is 4.79 Å². The third kappa shape index (κ3) is 8.42. The number of rotatable bonds is 7. The summed E-state index contributed by atoms with van der Waals surface area (Å²) in [5.41, 5.74) is -1.49. The Kier molecular flexibility index (Phi) is 9.13. The summed E-state index contributed by atoms with van der Waals surface area (Å²) in [6.07, 6.45) is -0.838. The van der Waals surface area contributed by atoms with Crippen molar-refractivity contribution < 1.29 is 32.3 Å². The molecule has 0 saturated carbocycles. The second-order valence-electron chi connectivity index (χ2n) is 11.4. The summed E-state index contributed by atoms with van der Waals surface area (Å²) in [6.45, 7) is 14.4. The number of halogens is 3. The van der Waals surface area contributed by atoms with Crippen LogP contribution >= 0.6 is 11.3 Å². The van der Waals surface area contributed by atoms with Gasteiger partial charge >= 0.3 is 6.18 Å². The van der Waals surface area contributed by atoms with Crippen molar-refractivity contribution in [2.45, 2.75) is 91.1 Å². The maximum absolute atomic E-state index is 13.5. The Hall–Kier alpha value is -2.66. The number of ether oxygens (including phenoxy) is 2. The zero-order valence-electron chi connectivity index (χ0n) is 22.9. The summed E-state index contributed by atoms with van der Waals surface area (Å²) in [5.74, 6) is -0.842. The number of thiazole rings is 1. The summed E-state index contributed by atoms with van der Waals surface area (Å²) in [7, 11) is 0. The van der Waals surface area contributed by atoms with Crippen LogP contribution in [0, 0.1) is 0 Å². The number of aromatic nitrogens is 1. The van der Waals surface area contributed by atoms with E-state index in [9.17, 15) is 18.0 Å². The maximum Gasteiger partial charge on any atom is 0.416 e. The molecule has 2 heterocycles. The molecule has 2 aromatic rings. The van der Waals surface area contributed by atoms with Gasteiger partial charge in [0.05, 0.1) is 29.5 Å². The van der Waals surface area contributed by atoms with Gasteiger partial charge in [0, 0.05) is 17.7 Å². The Morgan fingerprint density at radius 3 is 2.47 bits per heavy atom. The summed E-state index contributed by atoms with van der Waals surface area (Å²) in [4.78, 5) is 24.4. The number of carbonyl (C=O) groups excluding carboxylic acids is 1. The van der Waals surface area contributed by atoms with Crippen LogP contribution in [-0.4, -0.2) is 41.1 Å². The lowest BCUT2D eigenvalue weighted by molar-refractivity contribution is -0.137. The third-order valence-electron chi connectivity index (χ3n) is 5.53. The number of oxime groups is 1. The molecular weight excluding hydrogens is 519 g/mol. The first-order valence-corrected chi connectivity index (χ1v) is 13.3. The van der Waals surface area contributed by atoms with E-state index < -0.39 is 23.2 Å². The highest BCUT2D eigenvalue weighted by atomic mass is 32.1. The van der Waals surface area contributed by atoms with Gasteiger partial charge in [-0.15, -0.1) is 11.3 Å². The van der Waals surface area contributed by atoms with Gasteiger partial charge in [-0.2, -0.15) is 18.2 Å². The van der Waals surface area contributed by atoms with Crippen molar-refractivity contribution >= 4 is 23.0 Å². The van der Waals surface area contributed by atoms with Crippen molar-refractivity contribution in [1.82, 2.24) is 4.57 Å². The molecule has 3 rings (SSSR count). The summed E-state index contributed by atoms with van der Waals surface area (Å²) >= 11 is 1.34. The first kappa shape index (κ1) is 29.9. The molecule has 0 aliphatic carbocycles. The molecule has 11 heteroatoms. The Morgan fingerprint density at radius 1 is 1.18 bits per heavy atom. The molecule has 38 heavy (non-hydrogen) atoms. The van der Waals surface area contributed by atoms with Crippen LogP contribution in [0.15, 0.2) is 34.5 Å². The van der Waals surface area contributed by atoms with E-state index in [-0.39, 0.29) is 29.4 Å². The van der Waals surface area contributed by atoms with Crippen molar-refractivity contribution in [2.75, 3.05) is 13.2 Å². The second kappa shape index (κ2) is 11.6. The average Bonchev–Trinajstić information content (AvgIpc) is 3.45. The lowest BCUT2D eigenvalue weighted by atomic mass is 9.95. The lowest BCUT2D eigenvalue weighted by Crippen LogP contribution is -2.24. The number of amides is 1. The van der Waals surface area contributed by atoms with E-state index in [1.165, 1.54) is 11.3 Å². The number of hydrogen-bond donors (Lipinski definition) is 0. The molecule has 0 bridgehead atoms. The van der Waals surface area contributed by atoms with Crippen LogP contribution < -0.4 is 9.54 Å². The fourth-order valence-electron chi connectivity index (χ4n) is 3.52. The van der Waals surface area contributed by atoms with Gasteiger partial charge in [-0.05, 0) is 64.2 Å². The van der Waals surface area contributed by atoms with Gasteiger partial charge in [0.15, 0.2) is 4.80 Å². The summed E-state index contributed by atoms with van der Waals surface area (Å²) < 4.78 is 53.8. The number of alkyl halides is 3. The van der Waals surface area contributed by atoms with E-state index in [2.05, 4.69) is 10.1 Å². The van der Waals surface area contributed by atoms with Gasteiger partial charge in [-0.25, -0.2) is 0 Å². The quantitative estimate of drug-likeness (QED) is 0.295. The molecule has 1 atom stereocenters. The van der Waals surface area contributed by atoms with Crippen molar-refractivity contribution in [1.29, 1.82) is 0 Å². The molecule has 1 fully saturated rings. The molecule has 1 aliphatic rings. The van der Waals surface area contributed by atoms with E-state index in [1.54, 1.807) is 6.92 Å². The van der Waals surface area contributed by atoms with Crippen LogP contribution in [0.2, 0.25) is 0 Å². The van der Waals surface area contributed by atoms with Gasteiger partial charge in [-0.1, -0.05) is 25.9 Å². The molecule has 1 aromatic heterocycles. The summed E-state index contributed by atoms with van der Waals surface area (Å²) in [6, 6.07) is 2.80. The van der Waals surface area contributed by atoms with E-state index in [0.717, 1.165) is 35.9 Å². The Bertz CT molecular complexity index is 1230. The fraction of sp³-hybridized carbons (Fsp3) is 0.593. The van der Waals surface area contributed by atoms with Crippen molar-refractivity contribution in [3.8, 4) is 5.75 Å². The van der Waals surface area contributed by atoms with Gasteiger partial charge in [0.25, 0.3) is 5.91 Å². The number of carbonyl (C=O) groups is 1. The van der Waals surface area contributed by atoms with Crippen molar-refractivity contribution in [2.24, 2.45) is 10.1 Å². The smallest absolute Gasteiger partial charge is 0.416 e. The molecule has 0 spiro atoms. The molecular formula is C27H36F3N3O4S. The van der Waals surface area contributed by atoms with Gasteiger partial charge in [0.1, 0.15) is 18.0 Å². The Labute approximate surface area is 225 Å². The molecule has 1 aromatic carbocycles. The standard InChI is InChI=1S/C27H36F3N3O4S/c1-17(32-37-26(5,6)7)16-36-21-11-10-18(27(28,29)30)13-20(21)23(34)31-24-33(14-19-9-8-12-35-19)15-22(38-24)25(2,3)4/h10-11,13,15,19H,8-9,12,14,16H2,1-7H3/b31-24-,32-17-/t19-/m1/s1. The highest BCUT2D eigenvalue weighted by Crippen LogP contribution is 2.33. The van der Waals surface area contributed by atoms with Gasteiger partial charge in [0.2, 0.25) is 0 Å². The molecule has 210 valence electrons. The second-order valence-corrected chi connectivity index (χ2v) is 12.4. The molecule has 0 unspecified atom stereocenters. The highest BCUT2D eigenvalue weighted by Gasteiger charge is 2.32. The molecule has 1 aliphatic heterocycles. The molecule has 7 nitrogen and oxygen atoms in total. The lowest BCUT2D eigenvalue weighted by Gasteiger charge is -2.16. The van der Waals surface area contributed by atoms with E-state index in [0.29, 0.717) is 23.7 Å². The Balaban J connectivity index is 1.99. The predicted octanol–water partition coefficient (Wildman–Crippen LogP) is 6.36. The normalized spacial score (nSPS) is 17.7. The maximum atomic E-state index is 13.5. The van der Waals surface area contributed by atoms with Crippen molar-refractivity contribution in [3.63, 3.8) is 0 Å². The molecule has 0 N–H and O–H groups in total. The zero-order valence-corrected chi connectivity index (χ0v) is 23.8. The first-order chi connectivity index (χ1) is 17.5. The average molecular weight is 556 g/mol. The van der Waals surface area contributed by atoms with Crippen LogP contribution in [0.5, 0.6) is 5.75 Å². The van der Waals surface area contributed by atoms with Crippen LogP contribution in [-0.2, 0) is 27.7 Å². The SMILES string of the molecule is C/C(COc1ccc(C(F)(F)F)cc1C(=O)/N=c1\sc(C(C)(C)C)cn1C[C@H]1CCCO1)=N/OC(C)(C)C.